The number of carbonyl (C=O) groups excluding carboxylic acids is 2. The van der Waals surface area contributed by atoms with Crippen LogP contribution in [-0.4, -0.2) is 18.9 Å². The van der Waals surface area contributed by atoms with Crippen LogP contribution in [0.4, 0.5) is 0 Å². The van der Waals surface area contributed by atoms with Crippen molar-refractivity contribution in [3.8, 4) is 0 Å². The van der Waals surface area contributed by atoms with Gasteiger partial charge in [0, 0.05) is 16.0 Å². The summed E-state index contributed by atoms with van der Waals surface area (Å²) < 4.78 is 5.77. The lowest BCUT2D eigenvalue weighted by Gasteiger charge is -2.28. The molecule has 1 aliphatic carbocycles. The SMILES string of the molecule is COC(=O)[C@H]1CCCC[C@@H]1C(=O)c1ccc(Br)cc1. The Labute approximate surface area is 121 Å². The number of ether oxygens (including phenoxy) is 1. The first-order valence-electron chi connectivity index (χ1n) is 6.51. The molecule has 1 fully saturated rings. The minimum absolute atomic E-state index is 0.0580. The van der Waals surface area contributed by atoms with Crippen LogP contribution in [0.2, 0.25) is 0 Å². The van der Waals surface area contributed by atoms with E-state index in [1.54, 1.807) is 12.1 Å². The van der Waals surface area contributed by atoms with Gasteiger partial charge in [0.15, 0.2) is 5.78 Å². The molecule has 0 bridgehead atoms. The molecule has 0 heterocycles. The Morgan fingerprint density at radius 2 is 1.68 bits per heavy atom. The summed E-state index contributed by atoms with van der Waals surface area (Å²) in [7, 11) is 1.39. The highest BCUT2D eigenvalue weighted by atomic mass is 79.9. The first-order chi connectivity index (χ1) is 9.13. The number of benzene rings is 1. The van der Waals surface area contributed by atoms with Crippen molar-refractivity contribution in [1.29, 1.82) is 0 Å². The number of hydrogen-bond acceptors (Lipinski definition) is 3. The molecule has 0 aliphatic heterocycles. The second-order valence-corrected chi connectivity index (χ2v) is 5.81. The van der Waals surface area contributed by atoms with Crippen molar-refractivity contribution in [2.45, 2.75) is 25.7 Å². The van der Waals surface area contributed by atoms with E-state index >= 15 is 0 Å². The lowest BCUT2D eigenvalue weighted by atomic mass is 9.75. The maximum absolute atomic E-state index is 12.5. The van der Waals surface area contributed by atoms with Gasteiger partial charge in [0.05, 0.1) is 13.0 Å². The minimum Gasteiger partial charge on any atom is -0.469 e. The zero-order chi connectivity index (χ0) is 13.8. The maximum Gasteiger partial charge on any atom is 0.309 e. The van der Waals surface area contributed by atoms with Crippen LogP contribution in [0.25, 0.3) is 0 Å². The van der Waals surface area contributed by atoms with E-state index in [2.05, 4.69) is 15.9 Å². The zero-order valence-corrected chi connectivity index (χ0v) is 12.5. The van der Waals surface area contributed by atoms with Crippen molar-refractivity contribution in [1.82, 2.24) is 0 Å². The van der Waals surface area contributed by atoms with Crippen molar-refractivity contribution in [3.63, 3.8) is 0 Å². The Hall–Kier alpha value is -1.16. The molecule has 0 spiro atoms. The van der Waals surface area contributed by atoms with Gasteiger partial charge in [-0.25, -0.2) is 0 Å². The van der Waals surface area contributed by atoms with E-state index in [-0.39, 0.29) is 23.6 Å². The molecule has 2 rings (SSSR count). The Balaban J connectivity index is 2.20. The molecule has 3 nitrogen and oxygen atoms in total. The number of ketones is 1. The highest BCUT2D eigenvalue weighted by Crippen LogP contribution is 2.33. The van der Waals surface area contributed by atoms with E-state index in [0.717, 1.165) is 30.2 Å². The number of halogens is 1. The normalized spacial score (nSPS) is 22.8. The average Bonchev–Trinajstić information content (AvgIpc) is 2.46. The fourth-order valence-corrected chi connectivity index (χ4v) is 2.97. The first-order valence-corrected chi connectivity index (χ1v) is 7.30. The van der Waals surface area contributed by atoms with Crippen LogP contribution in [0, 0.1) is 11.8 Å². The van der Waals surface area contributed by atoms with Crippen LogP contribution < -0.4 is 0 Å². The number of Topliss-reactive ketones (excluding diaryl/α,β-unsaturated/α-hetero) is 1. The predicted molar refractivity (Wildman–Crippen MR) is 75.9 cm³/mol. The molecule has 0 N–H and O–H groups in total. The number of rotatable bonds is 3. The Bertz CT molecular complexity index is 467. The monoisotopic (exact) mass is 324 g/mol. The summed E-state index contributed by atoms with van der Waals surface area (Å²) in [6.45, 7) is 0. The van der Waals surface area contributed by atoms with Gasteiger partial charge in [0.25, 0.3) is 0 Å². The summed E-state index contributed by atoms with van der Waals surface area (Å²) in [6, 6.07) is 7.30. The molecule has 1 saturated carbocycles. The molecule has 1 aliphatic rings. The van der Waals surface area contributed by atoms with Crippen molar-refractivity contribution in [2.24, 2.45) is 11.8 Å². The second kappa shape index (κ2) is 6.33. The van der Waals surface area contributed by atoms with Crippen LogP contribution in [0.1, 0.15) is 36.0 Å². The predicted octanol–water partition coefficient (Wildman–Crippen LogP) is 3.61. The van der Waals surface area contributed by atoms with Crippen LogP contribution in [0.5, 0.6) is 0 Å². The Morgan fingerprint density at radius 3 is 2.26 bits per heavy atom. The average molecular weight is 325 g/mol. The highest BCUT2D eigenvalue weighted by molar-refractivity contribution is 9.10. The standard InChI is InChI=1S/C15H17BrO3/c1-19-15(18)13-5-3-2-4-12(13)14(17)10-6-8-11(16)9-7-10/h6-9,12-13H,2-5H2,1H3/t12-,13-/m0/s1. The van der Waals surface area contributed by atoms with Crippen LogP contribution in [0.3, 0.4) is 0 Å². The van der Waals surface area contributed by atoms with E-state index in [1.807, 2.05) is 12.1 Å². The van der Waals surface area contributed by atoms with E-state index < -0.39 is 0 Å². The summed E-state index contributed by atoms with van der Waals surface area (Å²) >= 11 is 3.35. The summed E-state index contributed by atoms with van der Waals surface area (Å²) in [4.78, 5) is 24.3. The minimum atomic E-state index is -0.283. The first kappa shape index (κ1) is 14.3. The lowest BCUT2D eigenvalue weighted by Crippen LogP contribution is -2.33. The van der Waals surface area contributed by atoms with Gasteiger partial charge < -0.3 is 4.74 Å². The summed E-state index contributed by atoms with van der Waals surface area (Å²) in [5.41, 5.74) is 0.670. The number of esters is 1. The van der Waals surface area contributed by atoms with Gasteiger partial charge in [-0.15, -0.1) is 0 Å². The fraction of sp³-hybridized carbons (Fsp3) is 0.467. The maximum atomic E-state index is 12.5. The summed E-state index contributed by atoms with van der Waals surface area (Å²) in [5, 5.41) is 0. The Kier molecular flexibility index (Phi) is 4.75. The molecule has 0 radical (unpaired) electrons. The van der Waals surface area contributed by atoms with Gasteiger partial charge in [0.2, 0.25) is 0 Å². The quantitative estimate of drug-likeness (QED) is 0.630. The lowest BCUT2D eigenvalue weighted by molar-refractivity contribution is -0.147. The molecule has 4 heteroatoms. The highest BCUT2D eigenvalue weighted by Gasteiger charge is 2.36. The molecular weight excluding hydrogens is 308 g/mol. The molecule has 0 saturated heterocycles. The van der Waals surface area contributed by atoms with Gasteiger partial charge in [-0.1, -0.05) is 40.9 Å². The number of carbonyl (C=O) groups is 2. The van der Waals surface area contributed by atoms with Crippen LogP contribution in [0.15, 0.2) is 28.7 Å². The Morgan fingerprint density at radius 1 is 1.11 bits per heavy atom. The molecule has 1 aromatic carbocycles. The van der Waals surface area contributed by atoms with Crippen molar-refractivity contribution >= 4 is 27.7 Å². The summed E-state index contributed by atoms with van der Waals surface area (Å²) in [6.07, 6.45) is 3.51. The van der Waals surface area contributed by atoms with Gasteiger partial charge in [-0.05, 0) is 25.0 Å². The largest absolute Gasteiger partial charge is 0.469 e. The van der Waals surface area contributed by atoms with E-state index in [0.29, 0.717) is 5.56 Å². The van der Waals surface area contributed by atoms with E-state index in [1.165, 1.54) is 7.11 Å². The third kappa shape index (κ3) is 3.24. The third-order valence-electron chi connectivity index (χ3n) is 3.74. The van der Waals surface area contributed by atoms with Gasteiger partial charge in [-0.2, -0.15) is 0 Å². The number of methoxy groups -OCH3 is 1. The van der Waals surface area contributed by atoms with Crippen LogP contribution >= 0.6 is 15.9 Å². The second-order valence-electron chi connectivity index (χ2n) is 4.89. The molecule has 19 heavy (non-hydrogen) atoms. The van der Waals surface area contributed by atoms with Gasteiger partial charge in [0.1, 0.15) is 0 Å². The fourth-order valence-electron chi connectivity index (χ4n) is 2.71. The third-order valence-corrected chi connectivity index (χ3v) is 4.26. The molecule has 102 valence electrons. The smallest absolute Gasteiger partial charge is 0.309 e. The van der Waals surface area contributed by atoms with Crippen molar-refractivity contribution in [2.75, 3.05) is 7.11 Å². The zero-order valence-electron chi connectivity index (χ0n) is 10.9. The van der Waals surface area contributed by atoms with Gasteiger partial charge in [-0.3, -0.25) is 9.59 Å². The van der Waals surface area contributed by atoms with Crippen LogP contribution in [-0.2, 0) is 9.53 Å². The number of hydrogen-bond donors (Lipinski definition) is 0. The molecule has 1 aromatic rings. The van der Waals surface area contributed by atoms with E-state index in [4.69, 9.17) is 4.74 Å². The molecule has 0 aromatic heterocycles. The van der Waals surface area contributed by atoms with Crippen molar-refractivity contribution < 1.29 is 14.3 Å². The molecule has 2 atom stereocenters. The van der Waals surface area contributed by atoms with Crippen molar-refractivity contribution in [3.05, 3.63) is 34.3 Å². The molecule has 0 unspecified atom stereocenters. The summed E-state index contributed by atoms with van der Waals surface area (Å²) in [5.74, 6) is -0.713. The molecule has 0 amide bonds. The molecular formula is C15H17BrO3. The van der Waals surface area contributed by atoms with E-state index in [9.17, 15) is 9.59 Å². The topological polar surface area (TPSA) is 43.4 Å². The van der Waals surface area contributed by atoms with Gasteiger partial charge >= 0.3 is 5.97 Å².